The normalized spacial score (nSPS) is 32.2. The third kappa shape index (κ3) is 3.63. The predicted molar refractivity (Wildman–Crippen MR) is 54.8 cm³/mol. The molecule has 0 aliphatic carbocycles. The first kappa shape index (κ1) is 9.61. The molecule has 1 aliphatic heterocycles. The Balaban J connectivity index is 2.12. The third-order valence-electron chi connectivity index (χ3n) is 2.21. The molecular formula is C8H18OSSi. The zero-order valence-corrected chi connectivity index (χ0v) is 9.30. The summed E-state index contributed by atoms with van der Waals surface area (Å²) in [6, 6.07) is 2.75. The van der Waals surface area contributed by atoms with Gasteiger partial charge in [-0.15, -0.1) is 12.6 Å². The van der Waals surface area contributed by atoms with E-state index in [1.54, 1.807) is 0 Å². The molecule has 11 heavy (non-hydrogen) atoms. The Morgan fingerprint density at radius 3 is 3.09 bits per heavy atom. The molecule has 1 fully saturated rings. The van der Waals surface area contributed by atoms with Crippen molar-refractivity contribution < 1.29 is 4.43 Å². The van der Waals surface area contributed by atoms with E-state index < -0.39 is 9.04 Å². The van der Waals surface area contributed by atoms with Gasteiger partial charge in [0.1, 0.15) is 0 Å². The maximum absolute atomic E-state index is 5.79. The van der Waals surface area contributed by atoms with Crippen molar-refractivity contribution in [3.05, 3.63) is 0 Å². The maximum Gasteiger partial charge on any atom is 0.178 e. The minimum Gasteiger partial charge on any atom is -0.409 e. The molecule has 0 aromatic carbocycles. The Morgan fingerprint density at radius 2 is 2.45 bits per heavy atom. The van der Waals surface area contributed by atoms with Crippen LogP contribution < -0.4 is 0 Å². The predicted octanol–water partition coefficient (Wildman–Crippen LogP) is 2.58. The molecule has 0 aromatic rings. The van der Waals surface area contributed by atoms with Gasteiger partial charge in [-0.2, -0.15) is 0 Å². The van der Waals surface area contributed by atoms with Crippen LogP contribution in [-0.2, 0) is 4.43 Å². The lowest BCUT2D eigenvalue weighted by molar-refractivity contribution is 0.255. The summed E-state index contributed by atoms with van der Waals surface area (Å²) in [6.07, 6.45) is 5.19. The highest BCUT2D eigenvalue weighted by atomic mass is 32.1. The van der Waals surface area contributed by atoms with Gasteiger partial charge in [0.15, 0.2) is 9.04 Å². The van der Waals surface area contributed by atoms with Crippen LogP contribution in [0.3, 0.4) is 0 Å². The van der Waals surface area contributed by atoms with E-state index in [1.807, 2.05) is 0 Å². The average molecular weight is 190 g/mol. The smallest absolute Gasteiger partial charge is 0.178 e. The van der Waals surface area contributed by atoms with E-state index in [0.29, 0.717) is 0 Å². The Hall–Kier alpha value is 0.527. The van der Waals surface area contributed by atoms with E-state index in [9.17, 15) is 0 Å². The Labute approximate surface area is 76.7 Å². The van der Waals surface area contributed by atoms with Crippen molar-refractivity contribution >= 4 is 21.7 Å². The van der Waals surface area contributed by atoms with Gasteiger partial charge in [0.25, 0.3) is 0 Å². The molecule has 1 heterocycles. The standard InChI is InChI=1S/C8H18OSSi/c1-2-3-6-11-7-4-5-8(10)9-11/h8,10-11H,2-7H2,1H3. The highest BCUT2D eigenvalue weighted by Gasteiger charge is 2.20. The third-order valence-corrected chi connectivity index (χ3v) is 5.63. The van der Waals surface area contributed by atoms with E-state index in [2.05, 4.69) is 19.6 Å². The summed E-state index contributed by atoms with van der Waals surface area (Å²) >= 11 is 4.36. The molecule has 2 atom stereocenters. The zero-order valence-electron chi connectivity index (χ0n) is 7.25. The molecule has 0 spiro atoms. The van der Waals surface area contributed by atoms with Gasteiger partial charge in [-0.05, 0) is 18.5 Å². The SMILES string of the molecule is CCCC[SiH]1CCCC(S)O1. The van der Waals surface area contributed by atoms with Gasteiger partial charge in [0, 0.05) is 0 Å². The summed E-state index contributed by atoms with van der Waals surface area (Å²) in [6.45, 7) is 2.25. The van der Waals surface area contributed by atoms with Gasteiger partial charge in [-0.25, -0.2) is 0 Å². The van der Waals surface area contributed by atoms with Crippen molar-refractivity contribution in [3.63, 3.8) is 0 Å². The van der Waals surface area contributed by atoms with Gasteiger partial charge in [0.2, 0.25) is 0 Å². The Bertz CT molecular complexity index is 110. The molecular weight excluding hydrogens is 172 g/mol. The molecule has 2 unspecified atom stereocenters. The summed E-state index contributed by atoms with van der Waals surface area (Å²) in [7, 11) is -0.778. The molecule has 0 N–H and O–H groups in total. The summed E-state index contributed by atoms with van der Waals surface area (Å²) in [4.78, 5) is 0. The van der Waals surface area contributed by atoms with E-state index in [0.717, 1.165) is 0 Å². The summed E-state index contributed by atoms with van der Waals surface area (Å²) < 4.78 is 5.79. The number of hydrogen-bond acceptors (Lipinski definition) is 2. The fourth-order valence-corrected chi connectivity index (χ4v) is 4.92. The van der Waals surface area contributed by atoms with Gasteiger partial charge in [0.05, 0.1) is 5.44 Å². The molecule has 0 aromatic heterocycles. The second-order valence-corrected chi connectivity index (χ2v) is 6.53. The van der Waals surface area contributed by atoms with Crippen LogP contribution in [0.2, 0.25) is 12.1 Å². The van der Waals surface area contributed by atoms with Crippen LogP contribution in [0.4, 0.5) is 0 Å². The van der Waals surface area contributed by atoms with Gasteiger partial charge in [-0.3, -0.25) is 0 Å². The molecule has 1 aliphatic rings. The van der Waals surface area contributed by atoms with E-state index in [4.69, 9.17) is 4.43 Å². The van der Waals surface area contributed by atoms with Crippen LogP contribution in [0, 0.1) is 0 Å². The van der Waals surface area contributed by atoms with Crippen LogP contribution in [0.25, 0.3) is 0 Å². The first-order valence-corrected chi connectivity index (χ1v) is 7.28. The zero-order chi connectivity index (χ0) is 8.10. The van der Waals surface area contributed by atoms with Crippen LogP contribution in [-0.4, -0.2) is 14.5 Å². The van der Waals surface area contributed by atoms with Crippen LogP contribution in [0.5, 0.6) is 0 Å². The van der Waals surface area contributed by atoms with E-state index in [1.165, 1.54) is 37.8 Å². The first-order valence-electron chi connectivity index (χ1n) is 4.66. The van der Waals surface area contributed by atoms with Crippen LogP contribution in [0.1, 0.15) is 32.6 Å². The molecule has 0 radical (unpaired) electrons. The van der Waals surface area contributed by atoms with Crippen molar-refractivity contribution in [1.82, 2.24) is 0 Å². The lowest BCUT2D eigenvalue weighted by Crippen LogP contribution is -2.27. The molecule has 3 heteroatoms. The topological polar surface area (TPSA) is 9.23 Å². The number of thiol groups is 1. The summed E-state index contributed by atoms with van der Waals surface area (Å²) in [5.74, 6) is 0. The lowest BCUT2D eigenvalue weighted by atomic mass is 10.3. The number of hydrogen-bond donors (Lipinski definition) is 1. The maximum atomic E-state index is 5.79. The fourth-order valence-electron chi connectivity index (χ4n) is 1.52. The number of rotatable bonds is 3. The molecule has 1 nitrogen and oxygen atoms in total. The quantitative estimate of drug-likeness (QED) is 0.531. The minimum atomic E-state index is -0.778. The molecule has 0 amide bonds. The molecule has 66 valence electrons. The fraction of sp³-hybridized carbons (Fsp3) is 1.00. The first-order chi connectivity index (χ1) is 5.33. The van der Waals surface area contributed by atoms with Crippen molar-refractivity contribution in [1.29, 1.82) is 0 Å². The lowest BCUT2D eigenvalue weighted by Gasteiger charge is -2.25. The van der Waals surface area contributed by atoms with Crippen molar-refractivity contribution in [2.45, 2.75) is 50.1 Å². The van der Waals surface area contributed by atoms with Crippen LogP contribution >= 0.6 is 12.6 Å². The Morgan fingerprint density at radius 1 is 1.64 bits per heavy atom. The van der Waals surface area contributed by atoms with Crippen molar-refractivity contribution in [3.8, 4) is 0 Å². The second kappa shape index (κ2) is 5.22. The van der Waals surface area contributed by atoms with E-state index in [-0.39, 0.29) is 5.44 Å². The van der Waals surface area contributed by atoms with Crippen molar-refractivity contribution in [2.24, 2.45) is 0 Å². The minimum absolute atomic E-state index is 0.275. The molecule has 1 rings (SSSR count). The molecule has 0 saturated carbocycles. The molecule has 1 saturated heterocycles. The van der Waals surface area contributed by atoms with Gasteiger partial charge >= 0.3 is 0 Å². The monoisotopic (exact) mass is 190 g/mol. The largest absolute Gasteiger partial charge is 0.409 e. The van der Waals surface area contributed by atoms with Gasteiger partial charge in [-0.1, -0.05) is 26.2 Å². The highest BCUT2D eigenvalue weighted by molar-refractivity contribution is 7.80. The number of unbranched alkanes of at least 4 members (excludes halogenated alkanes) is 1. The van der Waals surface area contributed by atoms with E-state index >= 15 is 0 Å². The average Bonchev–Trinajstić information content (AvgIpc) is 2.01. The summed E-state index contributed by atoms with van der Waals surface area (Å²) in [5, 5.41) is 0. The Kier molecular flexibility index (Phi) is 4.56. The summed E-state index contributed by atoms with van der Waals surface area (Å²) in [5.41, 5.74) is 0.275. The second-order valence-electron chi connectivity index (χ2n) is 3.29. The molecule has 0 bridgehead atoms. The van der Waals surface area contributed by atoms with Gasteiger partial charge < -0.3 is 4.43 Å². The van der Waals surface area contributed by atoms with Crippen molar-refractivity contribution in [2.75, 3.05) is 0 Å². The van der Waals surface area contributed by atoms with Crippen LogP contribution in [0.15, 0.2) is 0 Å². The highest BCUT2D eigenvalue weighted by Crippen LogP contribution is 2.22.